The predicted molar refractivity (Wildman–Crippen MR) is 80.5 cm³/mol. The zero-order chi connectivity index (χ0) is 14.5. The first kappa shape index (κ1) is 14.3. The van der Waals surface area contributed by atoms with Crippen molar-refractivity contribution in [2.24, 2.45) is 0 Å². The second-order valence-corrected chi connectivity index (χ2v) is 4.46. The Hall–Kier alpha value is -2.14. The highest BCUT2D eigenvalue weighted by Crippen LogP contribution is 2.36. The van der Waals surface area contributed by atoms with E-state index < -0.39 is 0 Å². The van der Waals surface area contributed by atoms with Gasteiger partial charge in [0.25, 0.3) is 0 Å². The fourth-order valence-electron chi connectivity index (χ4n) is 1.76. The standard InChI is InChI=1S/C14H16ClN3O2/c1-4-18-9-10(8-17-18)7-16-12-6-14(20-3)13(19-2)5-11(12)15/h4-6,8-9,16H,1,7H2,2-3H3. The number of nitrogens with one attached hydrogen (secondary N) is 1. The maximum atomic E-state index is 6.20. The summed E-state index contributed by atoms with van der Waals surface area (Å²) in [6, 6.07) is 3.52. The first-order valence-corrected chi connectivity index (χ1v) is 6.36. The van der Waals surface area contributed by atoms with Crippen LogP contribution in [0.4, 0.5) is 5.69 Å². The highest BCUT2D eigenvalue weighted by molar-refractivity contribution is 6.33. The number of ether oxygens (including phenoxy) is 2. The van der Waals surface area contributed by atoms with Gasteiger partial charge in [0, 0.05) is 36.6 Å². The summed E-state index contributed by atoms with van der Waals surface area (Å²) >= 11 is 6.20. The molecule has 0 atom stereocenters. The number of methoxy groups -OCH3 is 2. The van der Waals surface area contributed by atoms with Crippen LogP contribution >= 0.6 is 11.6 Å². The lowest BCUT2D eigenvalue weighted by molar-refractivity contribution is 0.355. The molecule has 6 heteroatoms. The number of aromatic nitrogens is 2. The van der Waals surface area contributed by atoms with E-state index in [1.807, 2.05) is 6.20 Å². The summed E-state index contributed by atoms with van der Waals surface area (Å²) in [6.07, 6.45) is 5.28. The topological polar surface area (TPSA) is 48.3 Å². The molecule has 1 aromatic heterocycles. The summed E-state index contributed by atoms with van der Waals surface area (Å²) in [5, 5.41) is 7.92. The molecule has 1 heterocycles. The van der Waals surface area contributed by atoms with Gasteiger partial charge in [-0.05, 0) is 0 Å². The second kappa shape index (κ2) is 6.34. The van der Waals surface area contributed by atoms with Gasteiger partial charge in [-0.3, -0.25) is 0 Å². The number of anilines is 1. The molecule has 5 nitrogen and oxygen atoms in total. The Bertz CT molecular complexity index is 610. The second-order valence-electron chi connectivity index (χ2n) is 4.05. The summed E-state index contributed by atoms with van der Waals surface area (Å²) in [7, 11) is 3.16. The van der Waals surface area contributed by atoms with Crippen molar-refractivity contribution in [3.63, 3.8) is 0 Å². The van der Waals surface area contributed by atoms with E-state index in [2.05, 4.69) is 17.0 Å². The Morgan fingerprint density at radius 2 is 2.05 bits per heavy atom. The highest BCUT2D eigenvalue weighted by Gasteiger charge is 2.09. The maximum Gasteiger partial charge on any atom is 0.162 e. The van der Waals surface area contributed by atoms with Gasteiger partial charge in [0.05, 0.1) is 31.1 Å². The molecule has 1 N–H and O–H groups in total. The number of rotatable bonds is 6. The predicted octanol–water partition coefficient (Wildman–Crippen LogP) is 3.27. The van der Waals surface area contributed by atoms with Crippen molar-refractivity contribution in [3.8, 4) is 11.5 Å². The third-order valence-electron chi connectivity index (χ3n) is 2.80. The summed E-state index contributed by atoms with van der Waals surface area (Å²) < 4.78 is 12.1. The van der Waals surface area contributed by atoms with Gasteiger partial charge >= 0.3 is 0 Å². The van der Waals surface area contributed by atoms with E-state index in [9.17, 15) is 0 Å². The lowest BCUT2D eigenvalue weighted by Crippen LogP contribution is -2.00. The number of benzene rings is 1. The highest BCUT2D eigenvalue weighted by atomic mass is 35.5. The Morgan fingerprint density at radius 3 is 2.65 bits per heavy atom. The van der Waals surface area contributed by atoms with Crippen LogP contribution in [-0.2, 0) is 6.54 Å². The van der Waals surface area contributed by atoms with E-state index >= 15 is 0 Å². The van der Waals surface area contributed by atoms with E-state index in [-0.39, 0.29) is 0 Å². The van der Waals surface area contributed by atoms with Crippen molar-refractivity contribution < 1.29 is 9.47 Å². The number of halogens is 1. The van der Waals surface area contributed by atoms with Crippen LogP contribution in [0.2, 0.25) is 5.02 Å². The molecule has 0 bridgehead atoms. The van der Waals surface area contributed by atoms with Gasteiger partial charge in [-0.25, -0.2) is 4.68 Å². The summed E-state index contributed by atoms with van der Waals surface area (Å²) in [4.78, 5) is 0. The van der Waals surface area contributed by atoms with Gasteiger partial charge in [0.2, 0.25) is 0 Å². The monoisotopic (exact) mass is 293 g/mol. The first-order valence-electron chi connectivity index (χ1n) is 5.99. The molecule has 20 heavy (non-hydrogen) atoms. The molecule has 0 aliphatic heterocycles. The Balaban J connectivity index is 2.14. The lowest BCUT2D eigenvalue weighted by atomic mass is 10.2. The molecule has 0 spiro atoms. The average Bonchev–Trinajstić information content (AvgIpc) is 2.93. The van der Waals surface area contributed by atoms with Crippen LogP contribution in [-0.4, -0.2) is 24.0 Å². The van der Waals surface area contributed by atoms with Crippen LogP contribution in [0.5, 0.6) is 11.5 Å². The largest absolute Gasteiger partial charge is 0.493 e. The third kappa shape index (κ3) is 3.05. The molecule has 0 saturated heterocycles. The Labute approximate surface area is 122 Å². The molecular formula is C14H16ClN3O2. The third-order valence-corrected chi connectivity index (χ3v) is 3.11. The molecule has 0 fully saturated rings. The van der Waals surface area contributed by atoms with Crippen LogP contribution in [0.25, 0.3) is 6.20 Å². The molecule has 106 valence electrons. The fraction of sp³-hybridized carbons (Fsp3) is 0.214. The Morgan fingerprint density at radius 1 is 1.35 bits per heavy atom. The maximum absolute atomic E-state index is 6.20. The minimum absolute atomic E-state index is 0.568. The SMILES string of the molecule is C=Cn1cc(CNc2cc(OC)c(OC)cc2Cl)cn1. The first-order chi connectivity index (χ1) is 9.67. The van der Waals surface area contributed by atoms with Gasteiger partial charge in [0.15, 0.2) is 11.5 Å². The van der Waals surface area contributed by atoms with Crippen LogP contribution in [0, 0.1) is 0 Å². The quantitative estimate of drug-likeness (QED) is 0.888. The summed E-state index contributed by atoms with van der Waals surface area (Å²) in [5.41, 5.74) is 1.80. The Kier molecular flexibility index (Phi) is 4.53. The molecule has 2 aromatic rings. The summed E-state index contributed by atoms with van der Waals surface area (Å²) in [5.74, 6) is 1.23. The molecule has 0 unspecified atom stereocenters. The van der Waals surface area contributed by atoms with Gasteiger partial charge in [0.1, 0.15) is 0 Å². The van der Waals surface area contributed by atoms with E-state index in [1.54, 1.807) is 43.4 Å². The van der Waals surface area contributed by atoms with E-state index in [1.165, 1.54) is 0 Å². The van der Waals surface area contributed by atoms with Crippen molar-refractivity contribution in [2.45, 2.75) is 6.54 Å². The van der Waals surface area contributed by atoms with Gasteiger partial charge in [-0.15, -0.1) is 0 Å². The molecular weight excluding hydrogens is 278 g/mol. The average molecular weight is 294 g/mol. The van der Waals surface area contributed by atoms with Crippen molar-refractivity contribution in [3.05, 3.63) is 41.7 Å². The fourth-order valence-corrected chi connectivity index (χ4v) is 1.98. The minimum Gasteiger partial charge on any atom is -0.493 e. The van der Waals surface area contributed by atoms with Crippen molar-refractivity contribution in [1.82, 2.24) is 9.78 Å². The molecule has 0 aliphatic carbocycles. The van der Waals surface area contributed by atoms with Crippen LogP contribution in [0.1, 0.15) is 5.56 Å². The van der Waals surface area contributed by atoms with Crippen molar-refractivity contribution in [1.29, 1.82) is 0 Å². The van der Waals surface area contributed by atoms with Gasteiger partial charge < -0.3 is 14.8 Å². The zero-order valence-electron chi connectivity index (χ0n) is 11.4. The van der Waals surface area contributed by atoms with E-state index in [0.717, 1.165) is 11.3 Å². The van der Waals surface area contributed by atoms with Crippen LogP contribution in [0.15, 0.2) is 31.1 Å². The number of hydrogen-bond acceptors (Lipinski definition) is 4. The molecule has 0 radical (unpaired) electrons. The minimum atomic E-state index is 0.568. The van der Waals surface area contributed by atoms with Crippen molar-refractivity contribution >= 4 is 23.5 Å². The van der Waals surface area contributed by atoms with Crippen molar-refractivity contribution in [2.75, 3.05) is 19.5 Å². The van der Waals surface area contributed by atoms with Crippen LogP contribution < -0.4 is 14.8 Å². The lowest BCUT2D eigenvalue weighted by Gasteiger charge is -2.12. The van der Waals surface area contributed by atoms with Gasteiger partial charge in [-0.2, -0.15) is 5.10 Å². The molecule has 0 aliphatic rings. The molecule has 2 rings (SSSR count). The molecule has 0 amide bonds. The van der Waals surface area contributed by atoms with E-state index in [4.69, 9.17) is 21.1 Å². The van der Waals surface area contributed by atoms with Gasteiger partial charge in [-0.1, -0.05) is 18.2 Å². The molecule has 0 saturated carbocycles. The van der Waals surface area contributed by atoms with Crippen LogP contribution in [0.3, 0.4) is 0 Å². The number of nitrogens with zero attached hydrogens (tertiary/aromatic N) is 2. The van der Waals surface area contributed by atoms with E-state index in [0.29, 0.717) is 23.1 Å². The molecule has 1 aromatic carbocycles. The number of hydrogen-bond donors (Lipinski definition) is 1. The zero-order valence-corrected chi connectivity index (χ0v) is 12.1. The smallest absolute Gasteiger partial charge is 0.162 e. The normalized spacial score (nSPS) is 10.2. The summed E-state index contributed by atoms with van der Waals surface area (Å²) in [6.45, 7) is 4.25.